The van der Waals surface area contributed by atoms with Gasteiger partial charge in [0.25, 0.3) is 5.91 Å². The molecule has 2 aliphatic rings. The van der Waals surface area contributed by atoms with E-state index in [0.717, 1.165) is 37.3 Å². The van der Waals surface area contributed by atoms with Crippen molar-refractivity contribution in [3.8, 4) is 5.88 Å². The lowest BCUT2D eigenvalue weighted by Crippen LogP contribution is -2.39. The van der Waals surface area contributed by atoms with Crippen molar-refractivity contribution in [2.75, 3.05) is 34.9 Å². The van der Waals surface area contributed by atoms with E-state index in [-0.39, 0.29) is 36.0 Å². The predicted octanol–water partition coefficient (Wildman–Crippen LogP) is 6.08. The molecule has 1 N–H and O–H groups in total. The molecule has 0 atom stereocenters. The number of carbonyl (C=O) groups is 2. The lowest BCUT2D eigenvalue weighted by molar-refractivity contribution is -0.160. The van der Waals surface area contributed by atoms with Crippen LogP contribution in [0.2, 0.25) is 10.0 Å². The third-order valence-electron chi connectivity index (χ3n) is 6.49. The van der Waals surface area contributed by atoms with Crippen molar-refractivity contribution in [3.63, 3.8) is 0 Å². The van der Waals surface area contributed by atoms with Gasteiger partial charge in [-0.3, -0.25) is 14.5 Å². The van der Waals surface area contributed by atoms with Crippen LogP contribution in [0.4, 0.5) is 23.0 Å². The van der Waals surface area contributed by atoms with Gasteiger partial charge in [-0.1, -0.05) is 29.3 Å². The van der Waals surface area contributed by atoms with E-state index in [4.69, 9.17) is 32.7 Å². The molecule has 1 aromatic heterocycles. The van der Waals surface area contributed by atoms with Gasteiger partial charge in [-0.15, -0.1) is 0 Å². The van der Waals surface area contributed by atoms with Crippen molar-refractivity contribution in [2.45, 2.75) is 39.2 Å². The molecule has 5 rings (SSSR count). The van der Waals surface area contributed by atoms with E-state index >= 15 is 0 Å². The number of nitrogens with zero attached hydrogens (tertiary/aromatic N) is 4. The molecule has 0 aliphatic carbocycles. The van der Waals surface area contributed by atoms with E-state index in [1.165, 1.54) is 11.1 Å². The van der Waals surface area contributed by atoms with Crippen molar-refractivity contribution in [1.29, 1.82) is 0 Å². The fraction of sp³-hybridized carbons (Fsp3) is 0.357. The van der Waals surface area contributed by atoms with Gasteiger partial charge in [0.1, 0.15) is 11.2 Å². The summed E-state index contributed by atoms with van der Waals surface area (Å²) in [6.07, 6.45) is 2.94. The molecule has 39 heavy (non-hydrogen) atoms. The molecular weight excluding hydrogens is 541 g/mol. The average molecular weight is 570 g/mol. The molecule has 0 saturated carbocycles. The minimum atomic E-state index is -0.467. The number of hydrogen-bond acceptors (Lipinski definition) is 8. The fourth-order valence-corrected chi connectivity index (χ4v) is 5.17. The molecule has 0 unspecified atom stereocenters. The van der Waals surface area contributed by atoms with Gasteiger partial charge in [0.15, 0.2) is 6.73 Å². The van der Waals surface area contributed by atoms with Gasteiger partial charge in [-0.25, -0.2) is 4.98 Å². The highest BCUT2D eigenvalue weighted by Crippen LogP contribution is 2.37. The normalized spacial score (nSPS) is 16.0. The summed E-state index contributed by atoms with van der Waals surface area (Å²) >= 11 is 12.5. The lowest BCUT2D eigenvalue weighted by Gasteiger charge is -2.34. The Bertz CT molecular complexity index is 1370. The Hall–Kier alpha value is -3.56. The number of ether oxygens (including phenoxy) is 2. The zero-order valence-corrected chi connectivity index (χ0v) is 23.4. The maximum Gasteiger partial charge on any atom is 0.309 e. The summed E-state index contributed by atoms with van der Waals surface area (Å²) in [6, 6.07) is 12.9. The Morgan fingerprint density at radius 3 is 2.38 bits per heavy atom. The molecule has 0 bridgehead atoms. The zero-order chi connectivity index (χ0) is 27.7. The maximum atomic E-state index is 13.1. The van der Waals surface area contributed by atoms with Gasteiger partial charge in [0, 0.05) is 30.7 Å². The Kier molecular flexibility index (Phi) is 7.55. The number of halogens is 2. The van der Waals surface area contributed by atoms with Crippen LogP contribution in [0.5, 0.6) is 5.88 Å². The number of anilines is 4. The van der Waals surface area contributed by atoms with Gasteiger partial charge in [-0.2, -0.15) is 4.98 Å². The second-order valence-electron chi connectivity index (χ2n) is 10.5. The number of aromatic nitrogens is 2. The molecular formula is C28H29Cl2N5O4. The molecule has 204 valence electrons. The number of nitrogens with one attached hydrogen (secondary N) is 1. The van der Waals surface area contributed by atoms with Crippen LogP contribution in [0.15, 0.2) is 48.7 Å². The van der Waals surface area contributed by atoms with Crippen molar-refractivity contribution in [3.05, 3.63) is 64.3 Å². The standard InChI is InChI=1S/C28H29Cl2N5O4/c1-28(2,3)39-26(37)17-11-13-34(14-12-17)19-9-7-18(8-10-19)32-27-31-15-20-24(33-27)38-16-35(25(20)36)23-21(29)5-4-6-22(23)30/h4-10,15,17H,11-14,16H2,1-3H3,(H,31,32,33). The number of para-hydroxylation sites is 1. The van der Waals surface area contributed by atoms with E-state index in [0.29, 0.717) is 21.7 Å². The van der Waals surface area contributed by atoms with Gasteiger partial charge >= 0.3 is 5.97 Å². The molecule has 2 aliphatic heterocycles. The lowest BCUT2D eigenvalue weighted by atomic mass is 9.96. The molecule has 3 heterocycles. The van der Waals surface area contributed by atoms with Gasteiger partial charge < -0.3 is 19.7 Å². The third-order valence-corrected chi connectivity index (χ3v) is 7.10. The molecule has 0 radical (unpaired) electrons. The van der Waals surface area contributed by atoms with Gasteiger partial charge in [-0.05, 0) is 70.0 Å². The Balaban J connectivity index is 1.21. The average Bonchev–Trinajstić information content (AvgIpc) is 2.89. The van der Waals surface area contributed by atoms with Crippen LogP contribution in [-0.2, 0) is 9.53 Å². The number of esters is 1. The molecule has 1 amide bonds. The van der Waals surface area contributed by atoms with E-state index in [2.05, 4.69) is 20.2 Å². The van der Waals surface area contributed by atoms with Crippen LogP contribution in [-0.4, -0.2) is 47.3 Å². The van der Waals surface area contributed by atoms with E-state index < -0.39 is 5.60 Å². The van der Waals surface area contributed by atoms with Gasteiger partial charge in [0.05, 0.1) is 21.7 Å². The van der Waals surface area contributed by atoms with Crippen molar-refractivity contribution < 1.29 is 19.1 Å². The summed E-state index contributed by atoms with van der Waals surface area (Å²) in [5, 5.41) is 3.85. The van der Waals surface area contributed by atoms with Crippen LogP contribution in [0.3, 0.4) is 0 Å². The molecule has 9 nitrogen and oxygen atoms in total. The number of fused-ring (bicyclic) bond motifs is 1. The zero-order valence-electron chi connectivity index (χ0n) is 21.9. The largest absolute Gasteiger partial charge is 0.460 e. The van der Waals surface area contributed by atoms with Crippen LogP contribution in [0, 0.1) is 5.92 Å². The molecule has 11 heteroatoms. The monoisotopic (exact) mass is 569 g/mol. The second kappa shape index (κ2) is 10.9. The first kappa shape index (κ1) is 27.0. The number of rotatable bonds is 5. The molecule has 1 fully saturated rings. The highest BCUT2D eigenvalue weighted by atomic mass is 35.5. The van der Waals surface area contributed by atoms with Gasteiger partial charge in [0.2, 0.25) is 11.8 Å². The van der Waals surface area contributed by atoms with E-state index in [1.54, 1.807) is 18.2 Å². The summed E-state index contributed by atoms with van der Waals surface area (Å²) in [5.74, 6) is -0.0427. The quantitative estimate of drug-likeness (QED) is 0.369. The van der Waals surface area contributed by atoms with E-state index in [1.807, 2.05) is 45.0 Å². The number of carbonyl (C=O) groups excluding carboxylic acids is 2. The number of piperidine rings is 1. The summed E-state index contributed by atoms with van der Waals surface area (Å²) in [6.45, 7) is 7.17. The Labute approximate surface area is 237 Å². The highest BCUT2D eigenvalue weighted by molar-refractivity contribution is 6.40. The van der Waals surface area contributed by atoms with Crippen LogP contribution in [0.1, 0.15) is 44.0 Å². The first-order valence-corrected chi connectivity index (χ1v) is 13.5. The minimum Gasteiger partial charge on any atom is -0.460 e. The first-order valence-electron chi connectivity index (χ1n) is 12.7. The summed E-state index contributed by atoms with van der Waals surface area (Å²) in [5.41, 5.74) is 1.99. The summed E-state index contributed by atoms with van der Waals surface area (Å²) in [4.78, 5) is 37.8. The minimum absolute atomic E-state index is 0.0644. The predicted molar refractivity (Wildman–Crippen MR) is 151 cm³/mol. The maximum absolute atomic E-state index is 13.1. The number of benzene rings is 2. The molecule has 2 aromatic carbocycles. The van der Waals surface area contributed by atoms with Crippen LogP contribution in [0.25, 0.3) is 0 Å². The Morgan fingerprint density at radius 2 is 1.74 bits per heavy atom. The summed E-state index contributed by atoms with van der Waals surface area (Å²) in [7, 11) is 0. The number of amides is 1. The second-order valence-corrected chi connectivity index (χ2v) is 11.3. The third kappa shape index (κ3) is 6.04. The molecule has 0 spiro atoms. The smallest absolute Gasteiger partial charge is 0.309 e. The summed E-state index contributed by atoms with van der Waals surface area (Å²) < 4.78 is 11.3. The SMILES string of the molecule is CC(C)(C)OC(=O)C1CCN(c2ccc(Nc3ncc4c(n3)OCN(c3c(Cl)cccc3Cl)C4=O)cc2)CC1. The molecule has 1 saturated heterocycles. The highest BCUT2D eigenvalue weighted by Gasteiger charge is 2.32. The van der Waals surface area contributed by atoms with E-state index in [9.17, 15) is 9.59 Å². The topological polar surface area (TPSA) is 96.9 Å². The number of hydrogen-bond donors (Lipinski definition) is 1. The first-order chi connectivity index (χ1) is 18.6. The Morgan fingerprint density at radius 1 is 1.08 bits per heavy atom. The fourth-order valence-electron chi connectivity index (χ4n) is 4.57. The van der Waals surface area contributed by atoms with Crippen LogP contribution < -0.4 is 19.9 Å². The van der Waals surface area contributed by atoms with Crippen molar-refractivity contribution in [2.24, 2.45) is 5.92 Å². The van der Waals surface area contributed by atoms with Crippen molar-refractivity contribution in [1.82, 2.24) is 9.97 Å². The van der Waals surface area contributed by atoms with Crippen LogP contribution >= 0.6 is 23.2 Å². The molecule has 3 aromatic rings. The van der Waals surface area contributed by atoms with Crippen molar-refractivity contribution >= 4 is 58.1 Å².